The third kappa shape index (κ3) is 18.2. The number of aliphatic carboxylic acids is 1. The second-order valence-corrected chi connectivity index (χ2v) is 12.1. The number of benzene rings is 2. The molecule has 2 atom stereocenters. The molecule has 3 rings (SSSR count). The largest absolute Gasteiger partial charge is 0.481 e. The number of alkyl halides is 3. The van der Waals surface area contributed by atoms with Gasteiger partial charge in [0.1, 0.15) is 6.61 Å². The lowest BCUT2D eigenvalue weighted by atomic mass is 10.0. The number of morpholine rings is 1. The summed E-state index contributed by atoms with van der Waals surface area (Å²) in [5.74, 6) is -0.420. The summed E-state index contributed by atoms with van der Waals surface area (Å²) >= 11 is 11.5. The zero-order chi connectivity index (χ0) is 29.5. The Morgan fingerprint density at radius 1 is 1.03 bits per heavy atom. The molecule has 1 amide bonds. The summed E-state index contributed by atoms with van der Waals surface area (Å²) < 4.78 is 48.4. The molecule has 2 aromatic rings. The van der Waals surface area contributed by atoms with Crippen molar-refractivity contribution in [3.8, 4) is 0 Å². The molecule has 1 N–H and O–H groups in total. The molecule has 1 fully saturated rings. The van der Waals surface area contributed by atoms with Crippen molar-refractivity contribution in [2.45, 2.75) is 51.6 Å². The highest BCUT2D eigenvalue weighted by Crippen LogP contribution is 2.26. The van der Waals surface area contributed by atoms with Gasteiger partial charge in [0.2, 0.25) is 5.91 Å². The van der Waals surface area contributed by atoms with Crippen molar-refractivity contribution in [2.24, 2.45) is 0 Å². The Bertz CT molecular complexity index is 991. The van der Waals surface area contributed by atoms with Crippen LogP contribution in [0.3, 0.4) is 0 Å². The molecule has 214 valence electrons. The summed E-state index contributed by atoms with van der Waals surface area (Å²) in [5.41, 5.74) is 0.985. The smallest absolute Gasteiger partial charge is 0.386 e. The van der Waals surface area contributed by atoms with E-state index < -0.39 is 22.9 Å². The Labute approximate surface area is 234 Å². The number of hydrogen-bond donors (Lipinski definition) is 1. The van der Waals surface area contributed by atoms with Crippen molar-refractivity contribution in [1.82, 2.24) is 4.90 Å². The van der Waals surface area contributed by atoms with Crippen LogP contribution in [-0.2, 0) is 25.1 Å². The highest BCUT2D eigenvalue weighted by molar-refractivity contribution is 7.86. The van der Waals surface area contributed by atoms with Gasteiger partial charge in [0.25, 0.3) is 5.97 Å². The minimum Gasteiger partial charge on any atom is -0.481 e. The summed E-state index contributed by atoms with van der Waals surface area (Å²) in [6.07, 6.45) is -4.00. The van der Waals surface area contributed by atoms with Crippen LogP contribution in [-0.4, -0.2) is 62.5 Å². The highest BCUT2D eigenvalue weighted by atomic mass is 35.5. The van der Waals surface area contributed by atoms with Crippen molar-refractivity contribution < 1.29 is 36.8 Å². The van der Waals surface area contributed by atoms with E-state index in [0.29, 0.717) is 23.9 Å². The molecule has 1 aliphatic rings. The molecule has 6 nitrogen and oxygen atoms in total. The number of amides is 1. The van der Waals surface area contributed by atoms with Crippen molar-refractivity contribution in [2.75, 3.05) is 25.5 Å². The van der Waals surface area contributed by atoms with Crippen LogP contribution in [0.15, 0.2) is 54.6 Å². The average molecular weight is 601 g/mol. The van der Waals surface area contributed by atoms with Crippen LogP contribution >= 0.6 is 23.2 Å². The molecule has 0 bridgehead atoms. The molecule has 0 aromatic heterocycles. The van der Waals surface area contributed by atoms with Gasteiger partial charge < -0.3 is 14.7 Å². The number of rotatable bonds is 4. The topological polar surface area (TPSA) is 83.9 Å². The molecular formula is C26H34Cl2F3NO5S. The third-order valence-corrected chi connectivity index (χ3v) is 6.81. The molecule has 0 radical (unpaired) electrons. The number of nitrogens with zero attached hydrogens (tertiary/aromatic N) is 1. The number of carboxylic acids is 1. The molecule has 0 aliphatic carbocycles. The van der Waals surface area contributed by atoms with Gasteiger partial charge in [-0.15, -0.1) is 0 Å². The van der Waals surface area contributed by atoms with Crippen molar-refractivity contribution in [1.29, 1.82) is 0 Å². The van der Waals surface area contributed by atoms with Crippen molar-refractivity contribution >= 4 is 45.9 Å². The van der Waals surface area contributed by atoms with Gasteiger partial charge in [-0.1, -0.05) is 53.5 Å². The lowest BCUT2D eigenvalue weighted by Gasteiger charge is -2.36. The molecule has 2 unspecified atom stereocenters. The zero-order valence-corrected chi connectivity index (χ0v) is 24.3. The Balaban J connectivity index is 0.000000693. The fourth-order valence-electron chi connectivity index (χ4n) is 2.75. The molecule has 38 heavy (non-hydrogen) atoms. The fourth-order valence-corrected chi connectivity index (χ4v) is 3.99. The van der Waals surface area contributed by atoms with Crippen LogP contribution in [0.4, 0.5) is 13.2 Å². The molecular weight excluding hydrogens is 566 g/mol. The molecule has 0 saturated carbocycles. The Morgan fingerprint density at radius 3 is 1.87 bits per heavy atom. The Kier molecular flexibility index (Phi) is 16.5. The number of carbonyl (C=O) groups excluding carboxylic acids is 1. The molecule has 1 aliphatic heterocycles. The molecule has 1 heterocycles. The first kappa shape index (κ1) is 35.9. The second-order valence-electron chi connectivity index (χ2n) is 8.93. The first-order valence-electron chi connectivity index (χ1n) is 11.4. The van der Waals surface area contributed by atoms with E-state index in [9.17, 15) is 22.2 Å². The van der Waals surface area contributed by atoms with Crippen LogP contribution in [0.2, 0.25) is 10.0 Å². The van der Waals surface area contributed by atoms with E-state index >= 15 is 0 Å². The lowest BCUT2D eigenvalue weighted by molar-refractivity contribution is -0.148. The maximum Gasteiger partial charge on any atom is 0.386 e. The van der Waals surface area contributed by atoms with Gasteiger partial charge in [-0.25, -0.2) is 0 Å². The fraction of sp³-hybridized carbons (Fsp3) is 0.462. The summed E-state index contributed by atoms with van der Waals surface area (Å²) in [4.78, 5) is 23.0. The molecule has 0 spiro atoms. The summed E-state index contributed by atoms with van der Waals surface area (Å²) in [6, 6.07) is 16.7. The summed E-state index contributed by atoms with van der Waals surface area (Å²) in [5, 5.41) is 8.87. The predicted octanol–water partition coefficient (Wildman–Crippen LogP) is 6.79. The van der Waals surface area contributed by atoms with E-state index in [-0.39, 0.29) is 30.2 Å². The van der Waals surface area contributed by atoms with Crippen molar-refractivity contribution in [3.05, 3.63) is 70.2 Å². The van der Waals surface area contributed by atoms with Crippen LogP contribution < -0.4 is 0 Å². The molecule has 1 saturated heterocycles. The van der Waals surface area contributed by atoms with Gasteiger partial charge in [0.05, 0.1) is 12.6 Å². The monoisotopic (exact) mass is 599 g/mol. The van der Waals surface area contributed by atoms with E-state index in [4.69, 9.17) is 37.8 Å². The van der Waals surface area contributed by atoms with Crippen LogP contribution in [0.1, 0.15) is 46.2 Å². The number of carboxylic acid groups (broad SMARTS) is 1. The lowest BCUT2D eigenvalue weighted by Crippen LogP contribution is -2.46. The van der Waals surface area contributed by atoms with Gasteiger partial charge in [-0.2, -0.15) is 13.2 Å². The van der Waals surface area contributed by atoms with E-state index in [1.54, 1.807) is 4.90 Å². The minimum atomic E-state index is -4.00. The normalized spacial score (nSPS) is 16.0. The first-order chi connectivity index (χ1) is 17.4. The van der Waals surface area contributed by atoms with Gasteiger partial charge in [-0.3, -0.25) is 13.8 Å². The maximum absolute atomic E-state index is 12.2. The summed E-state index contributed by atoms with van der Waals surface area (Å²) in [7, 11) is -0.985. The van der Waals surface area contributed by atoms with Crippen molar-refractivity contribution in [3.63, 3.8) is 0 Å². The Hall–Kier alpha value is -2.14. The second kappa shape index (κ2) is 17.4. The number of carbonyl (C=O) groups is 2. The summed E-state index contributed by atoms with van der Waals surface area (Å²) in [6.45, 7) is 8.12. The van der Waals surface area contributed by atoms with Gasteiger partial charge in [-0.05, 0) is 50.6 Å². The highest BCUT2D eigenvalue weighted by Gasteiger charge is 2.31. The Morgan fingerprint density at radius 2 is 1.47 bits per heavy atom. The minimum absolute atomic E-state index is 0.0582. The standard InChI is InChI=1S/C16H22ClNO3S.C6H5Cl.C2H3F3.C2H4O2/c1-16(2,3)22(20)9-8-18-14(10-21-11-15(18)19)12-4-6-13(17)7-5-12;7-6-4-2-1-3-5-6;1-2(3,4)5;1-2(3)4/h4-7,14H,8-11H2,1-3H3;1-5H;1H3;1H3,(H,3,4). The van der Waals surface area contributed by atoms with E-state index in [2.05, 4.69) is 0 Å². The van der Waals surface area contributed by atoms with Gasteiger partial charge in [0, 0.05) is 51.7 Å². The number of halogens is 5. The number of ether oxygens (including phenoxy) is 1. The molecule has 2 aromatic carbocycles. The third-order valence-electron chi connectivity index (χ3n) is 4.39. The van der Waals surface area contributed by atoms with Gasteiger partial charge in [0.15, 0.2) is 0 Å². The molecule has 12 heteroatoms. The van der Waals surface area contributed by atoms with E-state index in [1.165, 1.54) is 0 Å². The van der Waals surface area contributed by atoms with E-state index in [1.807, 2.05) is 75.4 Å². The zero-order valence-electron chi connectivity index (χ0n) is 21.9. The SMILES string of the molecule is CC(=O)O.CC(C)(C)S(=O)CCN1C(=O)COCC1c1ccc(Cl)cc1.CC(F)(F)F.Clc1ccccc1. The van der Waals surface area contributed by atoms with Crippen LogP contribution in [0.5, 0.6) is 0 Å². The maximum atomic E-state index is 12.2. The first-order valence-corrected chi connectivity index (χ1v) is 13.5. The number of hydrogen-bond acceptors (Lipinski definition) is 4. The average Bonchev–Trinajstić information content (AvgIpc) is 2.77. The quantitative estimate of drug-likeness (QED) is 0.418. The van der Waals surface area contributed by atoms with Crippen LogP contribution in [0.25, 0.3) is 0 Å². The van der Waals surface area contributed by atoms with E-state index in [0.717, 1.165) is 17.5 Å². The van der Waals surface area contributed by atoms with Gasteiger partial charge >= 0.3 is 6.18 Å². The predicted molar refractivity (Wildman–Crippen MR) is 146 cm³/mol. The van der Waals surface area contributed by atoms with Crippen LogP contribution in [0, 0.1) is 0 Å².